The van der Waals surface area contributed by atoms with Gasteiger partial charge >= 0.3 is 23.7 Å². The van der Waals surface area contributed by atoms with Crippen LogP contribution in [0.4, 0.5) is 24.7 Å². The lowest BCUT2D eigenvalue weighted by atomic mass is 10.2. The highest BCUT2D eigenvalue weighted by molar-refractivity contribution is 6.39. The van der Waals surface area contributed by atoms with Crippen molar-refractivity contribution in [2.24, 2.45) is 0 Å². The number of nitrogens with zero attached hydrogens (tertiary/aromatic N) is 4. The SMILES string of the molecule is O=C(Nc1cnc2[nH]c(=O)oc2c1)C(=O)N1CCCN(c2ccc(C(F)(F)F)cn2)CC1. The van der Waals surface area contributed by atoms with E-state index in [-0.39, 0.29) is 23.5 Å². The van der Waals surface area contributed by atoms with Gasteiger partial charge in [0.2, 0.25) is 0 Å². The number of halogens is 3. The molecule has 1 aliphatic heterocycles. The summed E-state index contributed by atoms with van der Waals surface area (Å²) < 4.78 is 43.0. The molecule has 1 saturated heterocycles. The first kappa shape index (κ1) is 21.3. The largest absolute Gasteiger partial charge is 0.418 e. The van der Waals surface area contributed by atoms with Crippen LogP contribution in [0.1, 0.15) is 12.0 Å². The Labute approximate surface area is 178 Å². The number of carbonyl (C=O) groups excluding carboxylic acids is 2. The van der Waals surface area contributed by atoms with Gasteiger partial charge in [-0.25, -0.2) is 14.8 Å². The number of pyridine rings is 2. The Morgan fingerprint density at radius 2 is 1.91 bits per heavy atom. The average molecular weight is 450 g/mol. The average Bonchev–Trinajstić information content (AvgIpc) is 2.95. The van der Waals surface area contributed by atoms with E-state index in [4.69, 9.17) is 4.42 Å². The maximum Gasteiger partial charge on any atom is 0.418 e. The highest BCUT2D eigenvalue weighted by Gasteiger charge is 2.31. The third-order valence-corrected chi connectivity index (χ3v) is 4.91. The van der Waals surface area contributed by atoms with Crippen LogP contribution >= 0.6 is 0 Å². The van der Waals surface area contributed by atoms with Crippen molar-refractivity contribution < 1.29 is 27.2 Å². The van der Waals surface area contributed by atoms with Crippen molar-refractivity contribution >= 4 is 34.5 Å². The third-order valence-electron chi connectivity index (χ3n) is 4.91. The number of alkyl halides is 3. The number of hydrogen-bond acceptors (Lipinski definition) is 7. The number of aromatic amines is 1. The van der Waals surface area contributed by atoms with Crippen molar-refractivity contribution in [3.63, 3.8) is 0 Å². The smallest absolute Gasteiger partial charge is 0.406 e. The highest BCUT2D eigenvalue weighted by Crippen LogP contribution is 2.29. The maximum atomic E-state index is 12.7. The number of hydrogen-bond donors (Lipinski definition) is 2. The number of aromatic nitrogens is 3. The fourth-order valence-corrected chi connectivity index (χ4v) is 3.33. The number of amides is 2. The van der Waals surface area contributed by atoms with Crippen LogP contribution < -0.4 is 16.0 Å². The van der Waals surface area contributed by atoms with Crippen LogP contribution in [0.15, 0.2) is 39.8 Å². The van der Waals surface area contributed by atoms with Gasteiger partial charge in [0, 0.05) is 38.4 Å². The number of H-pyrrole nitrogens is 1. The molecule has 4 rings (SSSR count). The summed E-state index contributed by atoms with van der Waals surface area (Å²) in [7, 11) is 0. The molecule has 0 atom stereocenters. The van der Waals surface area contributed by atoms with Crippen LogP contribution in [0, 0.1) is 0 Å². The molecule has 0 unspecified atom stereocenters. The summed E-state index contributed by atoms with van der Waals surface area (Å²) in [5.74, 6) is -1.97. The van der Waals surface area contributed by atoms with E-state index in [1.54, 1.807) is 4.90 Å². The number of carbonyl (C=O) groups is 2. The standard InChI is InChI=1S/C19H17F3N6O4/c20-19(21,22)11-2-3-14(23-9-11)27-4-1-5-28(7-6-27)17(30)16(29)25-12-8-13-15(24-10-12)26-18(31)32-13/h2-3,8-10H,1,4-7H2,(H,25,29)(H,24,26,31). The summed E-state index contributed by atoms with van der Waals surface area (Å²) in [6.07, 6.45) is -1.91. The van der Waals surface area contributed by atoms with E-state index in [0.29, 0.717) is 31.9 Å². The molecule has 2 amide bonds. The molecule has 168 valence electrons. The van der Waals surface area contributed by atoms with Gasteiger partial charge < -0.3 is 19.5 Å². The van der Waals surface area contributed by atoms with E-state index in [9.17, 15) is 27.6 Å². The minimum Gasteiger partial charge on any atom is -0.406 e. The molecule has 32 heavy (non-hydrogen) atoms. The van der Waals surface area contributed by atoms with Gasteiger partial charge in [0.25, 0.3) is 0 Å². The van der Waals surface area contributed by atoms with Crippen molar-refractivity contribution in [1.29, 1.82) is 0 Å². The lowest BCUT2D eigenvalue weighted by Gasteiger charge is -2.22. The quantitative estimate of drug-likeness (QED) is 0.569. The summed E-state index contributed by atoms with van der Waals surface area (Å²) in [6.45, 7) is 1.27. The summed E-state index contributed by atoms with van der Waals surface area (Å²) in [5.41, 5.74) is -0.307. The molecule has 13 heteroatoms. The zero-order chi connectivity index (χ0) is 22.9. The van der Waals surface area contributed by atoms with Gasteiger partial charge in [-0.3, -0.25) is 14.6 Å². The maximum absolute atomic E-state index is 12.7. The van der Waals surface area contributed by atoms with E-state index in [1.165, 1.54) is 23.2 Å². The minimum atomic E-state index is -4.46. The summed E-state index contributed by atoms with van der Waals surface area (Å²) in [4.78, 5) is 49.5. The first-order chi connectivity index (χ1) is 15.2. The predicted molar refractivity (Wildman–Crippen MR) is 106 cm³/mol. The minimum absolute atomic E-state index is 0.134. The molecular formula is C19H17F3N6O4. The van der Waals surface area contributed by atoms with Gasteiger partial charge in [-0.2, -0.15) is 13.2 Å². The lowest BCUT2D eigenvalue weighted by molar-refractivity contribution is -0.143. The van der Waals surface area contributed by atoms with E-state index >= 15 is 0 Å². The lowest BCUT2D eigenvalue weighted by Crippen LogP contribution is -2.41. The number of oxazole rings is 1. The van der Waals surface area contributed by atoms with Crippen molar-refractivity contribution in [2.45, 2.75) is 12.6 Å². The van der Waals surface area contributed by atoms with E-state index in [0.717, 1.165) is 12.3 Å². The van der Waals surface area contributed by atoms with Crippen LogP contribution in [-0.4, -0.2) is 57.8 Å². The van der Waals surface area contributed by atoms with Crippen molar-refractivity contribution in [2.75, 3.05) is 36.4 Å². The van der Waals surface area contributed by atoms with E-state index in [1.807, 2.05) is 0 Å². The normalized spacial score (nSPS) is 15.0. The van der Waals surface area contributed by atoms with Crippen LogP contribution in [0.5, 0.6) is 0 Å². The zero-order valence-corrected chi connectivity index (χ0v) is 16.5. The van der Waals surface area contributed by atoms with Crippen LogP contribution in [-0.2, 0) is 15.8 Å². The van der Waals surface area contributed by atoms with E-state index < -0.39 is 29.3 Å². The molecule has 3 aromatic heterocycles. The van der Waals surface area contributed by atoms with Crippen LogP contribution in [0.3, 0.4) is 0 Å². The summed E-state index contributed by atoms with van der Waals surface area (Å²) in [5, 5.41) is 2.42. The summed E-state index contributed by atoms with van der Waals surface area (Å²) >= 11 is 0. The predicted octanol–water partition coefficient (Wildman–Crippen LogP) is 1.61. The molecule has 3 aromatic rings. The van der Waals surface area contributed by atoms with Crippen LogP contribution in [0.2, 0.25) is 0 Å². The molecule has 1 fully saturated rings. The molecule has 4 heterocycles. The number of anilines is 2. The molecule has 0 aromatic carbocycles. The fourth-order valence-electron chi connectivity index (χ4n) is 3.33. The second kappa shape index (κ2) is 8.32. The Morgan fingerprint density at radius 3 is 2.62 bits per heavy atom. The van der Waals surface area contributed by atoms with Crippen molar-refractivity contribution in [3.8, 4) is 0 Å². The molecule has 1 aliphatic rings. The second-order valence-corrected chi connectivity index (χ2v) is 7.08. The molecule has 0 saturated carbocycles. The molecule has 0 radical (unpaired) electrons. The van der Waals surface area contributed by atoms with Crippen molar-refractivity contribution in [3.05, 3.63) is 46.7 Å². The van der Waals surface area contributed by atoms with Gasteiger partial charge in [-0.1, -0.05) is 0 Å². The Bertz CT molecular complexity index is 1200. The molecule has 2 N–H and O–H groups in total. The Hall–Kier alpha value is -3.90. The Balaban J connectivity index is 1.38. The van der Waals surface area contributed by atoms with Gasteiger partial charge in [-0.05, 0) is 18.6 Å². The van der Waals surface area contributed by atoms with E-state index in [2.05, 4.69) is 20.3 Å². The number of fused-ring (bicyclic) bond motifs is 1. The molecule has 0 aliphatic carbocycles. The molecule has 0 spiro atoms. The zero-order valence-electron chi connectivity index (χ0n) is 16.5. The molecule has 10 nitrogen and oxygen atoms in total. The molecular weight excluding hydrogens is 433 g/mol. The second-order valence-electron chi connectivity index (χ2n) is 7.08. The van der Waals surface area contributed by atoms with Gasteiger partial charge in [-0.15, -0.1) is 0 Å². The van der Waals surface area contributed by atoms with Gasteiger partial charge in [0.15, 0.2) is 11.2 Å². The van der Waals surface area contributed by atoms with Gasteiger partial charge in [0.05, 0.1) is 17.4 Å². The fraction of sp³-hybridized carbons (Fsp3) is 0.316. The first-order valence-corrected chi connectivity index (χ1v) is 9.58. The highest BCUT2D eigenvalue weighted by atomic mass is 19.4. The van der Waals surface area contributed by atoms with Crippen molar-refractivity contribution in [1.82, 2.24) is 19.9 Å². The summed E-state index contributed by atoms with van der Waals surface area (Å²) in [6, 6.07) is 3.61. The van der Waals surface area contributed by atoms with Gasteiger partial charge in [0.1, 0.15) is 5.82 Å². The van der Waals surface area contributed by atoms with Crippen LogP contribution in [0.25, 0.3) is 11.2 Å². The monoisotopic (exact) mass is 450 g/mol. The topological polar surface area (TPSA) is 124 Å². The first-order valence-electron chi connectivity index (χ1n) is 9.58. The third kappa shape index (κ3) is 4.55. The molecule has 0 bridgehead atoms. The number of rotatable bonds is 2. The number of nitrogens with one attached hydrogen (secondary N) is 2. The Morgan fingerprint density at radius 1 is 1.09 bits per heavy atom. The Kier molecular flexibility index (Phi) is 5.55.